The molecule has 1 unspecified atom stereocenters. The van der Waals surface area contributed by atoms with Gasteiger partial charge >= 0.3 is 0 Å². The van der Waals surface area contributed by atoms with Gasteiger partial charge in [0.05, 0.1) is 18.1 Å². The first kappa shape index (κ1) is 11.0. The molecule has 0 aliphatic heterocycles. The Morgan fingerprint density at radius 3 is 2.88 bits per heavy atom. The molecule has 4 heteroatoms. The van der Waals surface area contributed by atoms with Crippen molar-refractivity contribution in [2.45, 2.75) is 19.4 Å². The van der Waals surface area contributed by atoms with Gasteiger partial charge in [0.15, 0.2) is 0 Å². The van der Waals surface area contributed by atoms with Crippen molar-refractivity contribution >= 4 is 11.0 Å². The van der Waals surface area contributed by atoms with Crippen molar-refractivity contribution in [1.82, 2.24) is 9.55 Å². The molecule has 1 aromatic carbocycles. The van der Waals surface area contributed by atoms with Gasteiger partial charge in [-0.05, 0) is 19.1 Å². The molecule has 0 fully saturated rings. The minimum atomic E-state index is 0.123. The van der Waals surface area contributed by atoms with Gasteiger partial charge in [-0.2, -0.15) is 0 Å². The van der Waals surface area contributed by atoms with E-state index in [9.17, 15) is 0 Å². The molecule has 0 amide bonds. The number of imidazole rings is 1. The number of aryl methyl sites for hydroxylation is 1. The average Bonchev–Trinajstić information content (AvgIpc) is 2.54. The summed E-state index contributed by atoms with van der Waals surface area (Å²) >= 11 is 0. The number of ether oxygens (including phenoxy) is 1. The molecule has 0 saturated heterocycles. The molecule has 1 aromatic heterocycles. The van der Waals surface area contributed by atoms with Crippen molar-refractivity contribution in [2.24, 2.45) is 12.8 Å². The highest BCUT2D eigenvalue weighted by Gasteiger charge is 2.09. The summed E-state index contributed by atoms with van der Waals surface area (Å²) in [6.45, 7) is 1.99. The van der Waals surface area contributed by atoms with E-state index < -0.39 is 0 Å². The molecule has 2 aromatic rings. The first-order valence-corrected chi connectivity index (χ1v) is 5.36. The maximum atomic E-state index is 5.79. The van der Waals surface area contributed by atoms with Crippen LogP contribution in [0.4, 0.5) is 0 Å². The number of aromatic nitrogens is 2. The van der Waals surface area contributed by atoms with Crippen LogP contribution in [-0.4, -0.2) is 22.7 Å². The summed E-state index contributed by atoms with van der Waals surface area (Å²) < 4.78 is 7.26. The van der Waals surface area contributed by atoms with Gasteiger partial charge in [0, 0.05) is 25.6 Å². The largest absolute Gasteiger partial charge is 0.497 e. The molecule has 1 heterocycles. The van der Waals surface area contributed by atoms with Gasteiger partial charge < -0.3 is 15.0 Å². The van der Waals surface area contributed by atoms with Gasteiger partial charge in [-0.15, -0.1) is 0 Å². The molecule has 1 atom stereocenters. The lowest BCUT2D eigenvalue weighted by Gasteiger charge is -2.04. The predicted octanol–water partition coefficient (Wildman–Crippen LogP) is 1.47. The highest BCUT2D eigenvalue weighted by atomic mass is 16.5. The second-order valence-electron chi connectivity index (χ2n) is 4.12. The average molecular weight is 219 g/mol. The van der Waals surface area contributed by atoms with Crippen molar-refractivity contribution < 1.29 is 4.74 Å². The van der Waals surface area contributed by atoms with Crippen LogP contribution in [0.1, 0.15) is 12.7 Å². The van der Waals surface area contributed by atoms with E-state index in [0.717, 1.165) is 29.0 Å². The quantitative estimate of drug-likeness (QED) is 0.850. The van der Waals surface area contributed by atoms with Gasteiger partial charge in [0.1, 0.15) is 11.6 Å². The van der Waals surface area contributed by atoms with E-state index in [0.29, 0.717) is 0 Å². The maximum Gasteiger partial charge on any atom is 0.121 e. The number of methoxy groups -OCH3 is 1. The van der Waals surface area contributed by atoms with Crippen molar-refractivity contribution in [1.29, 1.82) is 0 Å². The Morgan fingerprint density at radius 2 is 2.25 bits per heavy atom. The minimum absolute atomic E-state index is 0.123. The number of nitrogens with two attached hydrogens (primary N) is 1. The summed E-state index contributed by atoms with van der Waals surface area (Å²) in [5, 5.41) is 0. The van der Waals surface area contributed by atoms with E-state index in [1.807, 2.05) is 32.2 Å². The van der Waals surface area contributed by atoms with Gasteiger partial charge in [-0.3, -0.25) is 0 Å². The Morgan fingerprint density at radius 1 is 1.50 bits per heavy atom. The maximum absolute atomic E-state index is 5.79. The van der Waals surface area contributed by atoms with Crippen molar-refractivity contribution in [3.8, 4) is 5.75 Å². The zero-order chi connectivity index (χ0) is 11.7. The van der Waals surface area contributed by atoms with E-state index in [1.54, 1.807) is 7.11 Å². The number of benzene rings is 1. The second kappa shape index (κ2) is 4.14. The lowest BCUT2D eigenvalue weighted by atomic mass is 10.2. The SMILES string of the molecule is COc1ccc2c(c1)nc(CC(C)N)n2C. The number of rotatable bonds is 3. The number of nitrogens with zero attached hydrogens (tertiary/aromatic N) is 2. The van der Waals surface area contributed by atoms with Gasteiger partial charge in [-0.25, -0.2) is 4.98 Å². The van der Waals surface area contributed by atoms with Crippen LogP contribution in [0.5, 0.6) is 5.75 Å². The Balaban J connectivity index is 2.50. The summed E-state index contributed by atoms with van der Waals surface area (Å²) in [4.78, 5) is 4.56. The molecule has 0 saturated carbocycles. The van der Waals surface area contributed by atoms with Crippen LogP contribution in [0, 0.1) is 0 Å². The van der Waals surface area contributed by atoms with Gasteiger partial charge in [0.2, 0.25) is 0 Å². The second-order valence-corrected chi connectivity index (χ2v) is 4.12. The zero-order valence-corrected chi connectivity index (χ0v) is 9.90. The lowest BCUT2D eigenvalue weighted by molar-refractivity contribution is 0.415. The van der Waals surface area contributed by atoms with E-state index in [2.05, 4.69) is 9.55 Å². The fourth-order valence-corrected chi connectivity index (χ4v) is 1.83. The van der Waals surface area contributed by atoms with Crippen LogP contribution in [0.25, 0.3) is 11.0 Å². The van der Waals surface area contributed by atoms with Crippen LogP contribution in [0.2, 0.25) is 0 Å². The third kappa shape index (κ3) is 1.88. The third-order valence-corrected chi connectivity index (χ3v) is 2.69. The van der Waals surface area contributed by atoms with Crippen LogP contribution < -0.4 is 10.5 Å². The molecule has 0 aliphatic rings. The summed E-state index contributed by atoms with van der Waals surface area (Å²) in [6, 6.07) is 6.03. The molecule has 2 N–H and O–H groups in total. The highest BCUT2D eigenvalue weighted by Crippen LogP contribution is 2.21. The van der Waals surface area contributed by atoms with Crippen LogP contribution in [0.15, 0.2) is 18.2 Å². The fourth-order valence-electron chi connectivity index (χ4n) is 1.83. The highest BCUT2D eigenvalue weighted by molar-refractivity contribution is 5.77. The molecule has 2 rings (SSSR count). The molecule has 86 valence electrons. The standard InChI is InChI=1S/C12H17N3O/c1-8(13)6-12-14-10-7-9(16-3)4-5-11(10)15(12)2/h4-5,7-8H,6,13H2,1-3H3. The first-order chi connectivity index (χ1) is 7.61. The molecule has 0 bridgehead atoms. The lowest BCUT2D eigenvalue weighted by Crippen LogP contribution is -2.19. The van der Waals surface area contributed by atoms with Crippen LogP contribution >= 0.6 is 0 Å². The molecule has 0 spiro atoms. The number of hydrogen-bond donors (Lipinski definition) is 1. The molecule has 4 nitrogen and oxygen atoms in total. The predicted molar refractivity (Wildman–Crippen MR) is 64.6 cm³/mol. The number of fused-ring (bicyclic) bond motifs is 1. The molecule has 0 radical (unpaired) electrons. The third-order valence-electron chi connectivity index (χ3n) is 2.69. The smallest absolute Gasteiger partial charge is 0.121 e. The zero-order valence-electron chi connectivity index (χ0n) is 9.90. The molecule has 16 heavy (non-hydrogen) atoms. The van der Waals surface area contributed by atoms with Crippen molar-refractivity contribution in [2.75, 3.05) is 7.11 Å². The van der Waals surface area contributed by atoms with E-state index in [-0.39, 0.29) is 6.04 Å². The molecular weight excluding hydrogens is 202 g/mol. The summed E-state index contributed by atoms with van der Waals surface area (Å²) in [6.07, 6.45) is 0.785. The van der Waals surface area contributed by atoms with Crippen molar-refractivity contribution in [3.05, 3.63) is 24.0 Å². The van der Waals surface area contributed by atoms with E-state index in [1.165, 1.54) is 0 Å². The van der Waals surface area contributed by atoms with E-state index in [4.69, 9.17) is 10.5 Å². The Bertz CT molecular complexity index is 502. The normalized spacial score (nSPS) is 13.0. The molecule has 0 aliphatic carbocycles. The Kier molecular flexibility index (Phi) is 2.83. The molecular formula is C12H17N3O. The minimum Gasteiger partial charge on any atom is -0.497 e. The van der Waals surface area contributed by atoms with Gasteiger partial charge in [0.25, 0.3) is 0 Å². The van der Waals surface area contributed by atoms with E-state index >= 15 is 0 Å². The summed E-state index contributed by atoms with van der Waals surface area (Å²) in [7, 11) is 3.67. The Hall–Kier alpha value is -1.55. The van der Waals surface area contributed by atoms with Crippen LogP contribution in [0.3, 0.4) is 0 Å². The summed E-state index contributed by atoms with van der Waals surface area (Å²) in [5.74, 6) is 1.84. The number of hydrogen-bond acceptors (Lipinski definition) is 3. The van der Waals surface area contributed by atoms with Crippen molar-refractivity contribution in [3.63, 3.8) is 0 Å². The monoisotopic (exact) mass is 219 g/mol. The Labute approximate surface area is 95.0 Å². The fraction of sp³-hybridized carbons (Fsp3) is 0.417. The van der Waals surface area contributed by atoms with Crippen LogP contribution in [-0.2, 0) is 13.5 Å². The topological polar surface area (TPSA) is 53.1 Å². The van der Waals surface area contributed by atoms with Gasteiger partial charge in [-0.1, -0.05) is 0 Å². The first-order valence-electron chi connectivity index (χ1n) is 5.36. The summed E-state index contributed by atoms with van der Waals surface area (Å²) in [5.41, 5.74) is 7.86.